The van der Waals surface area contributed by atoms with E-state index < -0.39 is 0 Å². The number of piperidine rings is 1. The molecule has 0 N–H and O–H groups in total. The Labute approximate surface area is 148 Å². The summed E-state index contributed by atoms with van der Waals surface area (Å²) in [6.07, 6.45) is 3.42. The number of carbonyl (C=O) groups is 2. The number of hydrogen-bond acceptors (Lipinski definition) is 3. The Bertz CT molecular complexity index is 704. The molecule has 0 aromatic heterocycles. The average molecular weight is 337 g/mol. The lowest BCUT2D eigenvalue weighted by molar-refractivity contribution is -0.151. The van der Waals surface area contributed by atoms with E-state index in [0.29, 0.717) is 0 Å². The first-order chi connectivity index (χ1) is 12.2. The smallest absolute Gasteiger partial charge is 0.310 e. The lowest BCUT2D eigenvalue weighted by atomic mass is 10.0. The van der Waals surface area contributed by atoms with Crippen LogP contribution in [-0.4, -0.2) is 36.5 Å². The van der Waals surface area contributed by atoms with E-state index in [2.05, 4.69) is 12.1 Å². The molecule has 1 fully saturated rings. The highest BCUT2D eigenvalue weighted by molar-refractivity contribution is 5.81. The van der Waals surface area contributed by atoms with Crippen LogP contribution >= 0.6 is 0 Å². The summed E-state index contributed by atoms with van der Waals surface area (Å²) in [6, 6.07) is 17.9. The van der Waals surface area contributed by atoms with Crippen LogP contribution in [0.3, 0.4) is 0 Å². The van der Waals surface area contributed by atoms with Gasteiger partial charge in [-0.05, 0) is 36.0 Å². The van der Waals surface area contributed by atoms with Crippen molar-refractivity contribution in [3.05, 3.63) is 60.2 Å². The second-order valence-corrected chi connectivity index (χ2v) is 6.34. The van der Waals surface area contributed by atoms with Gasteiger partial charge in [-0.2, -0.15) is 0 Å². The molecule has 0 bridgehead atoms. The van der Waals surface area contributed by atoms with Crippen LogP contribution in [0.25, 0.3) is 11.1 Å². The van der Waals surface area contributed by atoms with E-state index in [9.17, 15) is 9.59 Å². The predicted octanol–water partition coefficient (Wildman–Crippen LogP) is 3.45. The highest BCUT2D eigenvalue weighted by atomic mass is 16.5. The fourth-order valence-corrected chi connectivity index (χ4v) is 3.04. The minimum Gasteiger partial charge on any atom is -0.455 e. The Balaban J connectivity index is 1.48. The van der Waals surface area contributed by atoms with E-state index in [1.807, 2.05) is 42.5 Å². The number of amides is 1. The molecule has 1 saturated heterocycles. The Kier molecular flexibility index (Phi) is 5.83. The van der Waals surface area contributed by atoms with Gasteiger partial charge in [0, 0.05) is 13.1 Å². The number of carbonyl (C=O) groups excluding carboxylic acids is 2. The van der Waals surface area contributed by atoms with Gasteiger partial charge in [-0.25, -0.2) is 0 Å². The molecule has 0 aliphatic carbocycles. The van der Waals surface area contributed by atoms with Crippen LogP contribution in [0.2, 0.25) is 0 Å². The largest absolute Gasteiger partial charge is 0.455 e. The molecule has 1 aliphatic rings. The summed E-state index contributed by atoms with van der Waals surface area (Å²) in [5.41, 5.74) is 3.14. The maximum absolute atomic E-state index is 12.0. The van der Waals surface area contributed by atoms with E-state index in [1.165, 1.54) is 6.42 Å². The maximum Gasteiger partial charge on any atom is 0.310 e. The third-order valence-corrected chi connectivity index (χ3v) is 4.47. The fourth-order valence-electron chi connectivity index (χ4n) is 3.04. The fraction of sp³-hybridized carbons (Fsp3) is 0.333. The standard InChI is InChI=1S/C21H23NO3/c23-20(22-13-5-2-6-14-22)16-25-21(24)15-17-9-11-19(12-10-17)18-7-3-1-4-8-18/h1,3-4,7-12H,2,5-6,13-16H2. The summed E-state index contributed by atoms with van der Waals surface area (Å²) in [6.45, 7) is 1.40. The number of hydrogen-bond donors (Lipinski definition) is 0. The summed E-state index contributed by atoms with van der Waals surface area (Å²) >= 11 is 0. The van der Waals surface area contributed by atoms with Crippen molar-refractivity contribution in [2.75, 3.05) is 19.7 Å². The third-order valence-electron chi connectivity index (χ3n) is 4.47. The summed E-state index contributed by atoms with van der Waals surface area (Å²) in [5.74, 6) is -0.453. The van der Waals surface area contributed by atoms with Gasteiger partial charge in [0.1, 0.15) is 0 Å². The lowest BCUT2D eigenvalue weighted by Crippen LogP contribution is -2.38. The minimum atomic E-state index is -0.363. The van der Waals surface area contributed by atoms with E-state index in [4.69, 9.17) is 4.74 Å². The summed E-state index contributed by atoms with van der Waals surface area (Å²) in [5, 5.41) is 0. The average Bonchev–Trinajstić information content (AvgIpc) is 2.68. The van der Waals surface area contributed by atoms with Gasteiger partial charge < -0.3 is 9.64 Å². The Morgan fingerprint density at radius 2 is 1.48 bits per heavy atom. The monoisotopic (exact) mass is 337 g/mol. The lowest BCUT2D eigenvalue weighted by Gasteiger charge is -2.26. The molecular weight excluding hydrogens is 314 g/mol. The highest BCUT2D eigenvalue weighted by Crippen LogP contribution is 2.19. The third kappa shape index (κ3) is 4.92. The Morgan fingerprint density at radius 3 is 2.16 bits per heavy atom. The van der Waals surface area contributed by atoms with Crippen molar-refractivity contribution in [1.29, 1.82) is 0 Å². The normalized spacial score (nSPS) is 14.2. The van der Waals surface area contributed by atoms with Crippen LogP contribution < -0.4 is 0 Å². The molecule has 4 nitrogen and oxygen atoms in total. The van der Waals surface area contributed by atoms with E-state index in [1.54, 1.807) is 4.90 Å². The zero-order chi connectivity index (χ0) is 17.5. The Morgan fingerprint density at radius 1 is 0.840 bits per heavy atom. The maximum atomic E-state index is 12.0. The predicted molar refractivity (Wildman–Crippen MR) is 97.0 cm³/mol. The SMILES string of the molecule is O=C(Cc1ccc(-c2ccccc2)cc1)OCC(=O)N1CCCCC1. The first kappa shape index (κ1) is 17.2. The van der Waals surface area contributed by atoms with Gasteiger partial charge in [0.15, 0.2) is 6.61 Å². The number of benzene rings is 2. The van der Waals surface area contributed by atoms with Crippen molar-refractivity contribution in [2.24, 2.45) is 0 Å². The van der Waals surface area contributed by atoms with Gasteiger partial charge in [-0.1, -0.05) is 54.6 Å². The molecule has 25 heavy (non-hydrogen) atoms. The molecule has 1 aliphatic heterocycles. The molecule has 0 saturated carbocycles. The second kappa shape index (κ2) is 8.47. The molecule has 2 aromatic rings. The van der Waals surface area contributed by atoms with Gasteiger partial charge >= 0.3 is 5.97 Å². The minimum absolute atomic E-state index is 0.0903. The molecule has 0 unspecified atom stereocenters. The quantitative estimate of drug-likeness (QED) is 0.785. The molecule has 3 rings (SSSR count). The topological polar surface area (TPSA) is 46.6 Å². The van der Waals surface area contributed by atoms with Gasteiger partial charge in [0.05, 0.1) is 6.42 Å². The molecule has 0 spiro atoms. The second-order valence-electron chi connectivity index (χ2n) is 6.34. The van der Waals surface area contributed by atoms with Crippen LogP contribution in [0.15, 0.2) is 54.6 Å². The van der Waals surface area contributed by atoms with Crippen molar-refractivity contribution in [2.45, 2.75) is 25.7 Å². The first-order valence-electron chi connectivity index (χ1n) is 8.80. The van der Waals surface area contributed by atoms with Crippen molar-refractivity contribution in [3.8, 4) is 11.1 Å². The molecule has 130 valence electrons. The van der Waals surface area contributed by atoms with Crippen LogP contribution in [-0.2, 0) is 20.7 Å². The number of rotatable bonds is 5. The van der Waals surface area contributed by atoms with Gasteiger partial charge in [0.2, 0.25) is 0 Å². The molecule has 0 atom stereocenters. The Hall–Kier alpha value is -2.62. The number of esters is 1. The van der Waals surface area contributed by atoms with Crippen LogP contribution in [0.5, 0.6) is 0 Å². The van der Waals surface area contributed by atoms with Gasteiger partial charge in [-0.15, -0.1) is 0 Å². The molecular formula is C21H23NO3. The van der Waals surface area contributed by atoms with Crippen LogP contribution in [0.1, 0.15) is 24.8 Å². The molecule has 4 heteroatoms. The molecule has 0 radical (unpaired) electrons. The summed E-state index contributed by atoms with van der Waals surface area (Å²) in [4.78, 5) is 25.8. The number of likely N-dealkylation sites (tertiary alicyclic amines) is 1. The zero-order valence-electron chi connectivity index (χ0n) is 14.3. The van der Waals surface area contributed by atoms with E-state index >= 15 is 0 Å². The van der Waals surface area contributed by atoms with Gasteiger partial charge in [0.25, 0.3) is 5.91 Å². The summed E-state index contributed by atoms with van der Waals surface area (Å²) < 4.78 is 5.15. The summed E-state index contributed by atoms with van der Waals surface area (Å²) in [7, 11) is 0. The zero-order valence-corrected chi connectivity index (χ0v) is 14.3. The number of nitrogens with zero attached hydrogens (tertiary/aromatic N) is 1. The van der Waals surface area contributed by atoms with E-state index in [-0.39, 0.29) is 24.9 Å². The van der Waals surface area contributed by atoms with Crippen molar-refractivity contribution in [3.63, 3.8) is 0 Å². The van der Waals surface area contributed by atoms with E-state index in [0.717, 1.165) is 42.6 Å². The van der Waals surface area contributed by atoms with Crippen LogP contribution in [0.4, 0.5) is 0 Å². The first-order valence-corrected chi connectivity index (χ1v) is 8.80. The number of ether oxygens (including phenoxy) is 1. The molecule has 1 heterocycles. The van der Waals surface area contributed by atoms with Gasteiger partial charge in [-0.3, -0.25) is 9.59 Å². The molecule has 1 amide bonds. The van der Waals surface area contributed by atoms with Crippen molar-refractivity contribution in [1.82, 2.24) is 4.90 Å². The van der Waals surface area contributed by atoms with Crippen molar-refractivity contribution >= 4 is 11.9 Å². The highest BCUT2D eigenvalue weighted by Gasteiger charge is 2.18. The van der Waals surface area contributed by atoms with Crippen molar-refractivity contribution < 1.29 is 14.3 Å². The molecule has 2 aromatic carbocycles. The van der Waals surface area contributed by atoms with Crippen LogP contribution in [0, 0.1) is 0 Å².